The van der Waals surface area contributed by atoms with Gasteiger partial charge in [-0.1, -0.05) is 26.2 Å². The van der Waals surface area contributed by atoms with Crippen LogP contribution in [0.4, 0.5) is 4.79 Å². The van der Waals surface area contributed by atoms with E-state index in [9.17, 15) is 9.59 Å². The molecule has 0 bridgehead atoms. The van der Waals surface area contributed by atoms with Crippen molar-refractivity contribution in [2.75, 3.05) is 6.54 Å². The summed E-state index contributed by atoms with van der Waals surface area (Å²) in [7, 11) is 0. The fourth-order valence-electron chi connectivity index (χ4n) is 2.48. The molecular weight excluding hydrogens is 232 g/mol. The summed E-state index contributed by atoms with van der Waals surface area (Å²) in [5, 5.41) is 14.6. The molecule has 0 aromatic rings. The van der Waals surface area contributed by atoms with Gasteiger partial charge < -0.3 is 15.7 Å². The van der Waals surface area contributed by atoms with Crippen molar-refractivity contribution >= 4 is 12.0 Å². The molecule has 5 heteroatoms. The topological polar surface area (TPSA) is 78.4 Å². The first kappa shape index (κ1) is 14.8. The summed E-state index contributed by atoms with van der Waals surface area (Å²) in [5.41, 5.74) is -0.118. The van der Waals surface area contributed by atoms with E-state index >= 15 is 0 Å². The summed E-state index contributed by atoms with van der Waals surface area (Å²) in [6.45, 7) is 4.18. The summed E-state index contributed by atoms with van der Waals surface area (Å²) < 4.78 is 0. The molecule has 0 spiro atoms. The van der Waals surface area contributed by atoms with Gasteiger partial charge in [0, 0.05) is 12.1 Å². The highest BCUT2D eigenvalue weighted by Crippen LogP contribution is 2.28. The van der Waals surface area contributed by atoms with E-state index in [0.29, 0.717) is 6.42 Å². The molecule has 0 saturated heterocycles. The number of aliphatic carboxylic acids is 1. The smallest absolute Gasteiger partial charge is 0.315 e. The predicted octanol–water partition coefficient (Wildman–Crippen LogP) is 2.12. The molecule has 0 aromatic heterocycles. The lowest BCUT2D eigenvalue weighted by atomic mass is 10.0. The van der Waals surface area contributed by atoms with Gasteiger partial charge in [0.05, 0.1) is 5.92 Å². The standard InChI is InChI=1S/C13H24N2O3/c1-3-6-10(11(16)17)9-14-12(18)15-13(2)7-4-5-8-13/h10H,3-9H2,1-2H3,(H,16,17)(H2,14,15,18). The fraction of sp³-hybridized carbons (Fsp3) is 0.846. The molecule has 18 heavy (non-hydrogen) atoms. The number of amides is 2. The molecule has 1 unspecified atom stereocenters. The summed E-state index contributed by atoms with van der Waals surface area (Å²) in [4.78, 5) is 22.7. The van der Waals surface area contributed by atoms with Crippen LogP contribution in [0.1, 0.15) is 52.4 Å². The monoisotopic (exact) mass is 256 g/mol. The van der Waals surface area contributed by atoms with Crippen LogP contribution in [-0.4, -0.2) is 29.2 Å². The van der Waals surface area contributed by atoms with Crippen molar-refractivity contribution in [2.24, 2.45) is 5.92 Å². The molecule has 1 saturated carbocycles. The van der Waals surface area contributed by atoms with Gasteiger partial charge in [-0.3, -0.25) is 4.79 Å². The Balaban J connectivity index is 2.33. The summed E-state index contributed by atoms with van der Waals surface area (Å²) >= 11 is 0. The molecule has 5 nitrogen and oxygen atoms in total. The van der Waals surface area contributed by atoms with Gasteiger partial charge in [0.25, 0.3) is 0 Å². The first-order chi connectivity index (χ1) is 8.47. The van der Waals surface area contributed by atoms with E-state index in [4.69, 9.17) is 5.11 Å². The highest BCUT2D eigenvalue weighted by atomic mass is 16.4. The Labute approximate surface area is 108 Å². The number of carboxylic acid groups (broad SMARTS) is 1. The Morgan fingerprint density at radius 3 is 2.44 bits per heavy atom. The maximum Gasteiger partial charge on any atom is 0.315 e. The van der Waals surface area contributed by atoms with Crippen molar-refractivity contribution in [1.82, 2.24) is 10.6 Å². The molecule has 0 heterocycles. The molecule has 1 atom stereocenters. The van der Waals surface area contributed by atoms with Crippen LogP contribution in [0, 0.1) is 5.92 Å². The van der Waals surface area contributed by atoms with Gasteiger partial charge in [0.1, 0.15) is 0 Å². The van der Waals surface area contributed by atoms with Crippen LogP contribution >= 0.6 is 0 Å². The van der Waals surface area contributed by atoms with Gasteiger partial charge in [0.2, 0.25) is 0 Å². The minimum absolute atomic E-state index is 0.118. The van der Waals surface area contributed by atoms with E-state index in [1.807, 2.05) is 13.8 Å². The van der Waals surface area contributed by atoms with E-state index in [1.54, 1.807) is 0 Å². The second-order valence-electron chi connectivity index (χ2n) is 5.43. The van der Waals surface area contributed by atoms with E-state index in [0.717, 1.165) is 32.1 Å². The number of carboxylic acids is 1. The highest BCUT2D eigenvalue weighted by molar-refractivity contribution is 5.76. The number of hydrogen-bond donors (Lipinski definition) is 3. The van der Waals surface area contributed by atoms with Crippen molar-refractivity contribution in [3.63, 3.8) is 0 Å². The minimum atomic E-state index is -0.843. The fourth-order valence-corrected chi connectivity index (χ4v) is 2.48. The molecule has 1 aliphatic carbocycles. The third-order valence-corrected chi connectivity index (χ3v) is 3.62. The van der Waals surface area contributed by atoms with Crippen molar-refractivity contribution < 1.29 is 14.7 Å². The molecule has 0 aromatic carbocycles. The molecule has 0 radical (unpaired) electrons. The van der Waals surface area contributed by atoms with Crippen LogP contribution < -0.4 is 10.6 Å². The van der Waals surface area contributed by atoms with Crippen LogP contribution in [0.3, 0.4) is 0 Å². The zero-order valence-electron chi connectivity index (χ0n) is 11.3. The lowest BCUT2D eigenvalue weighted by molar-refractivity contribution is -0.141. The predicted molar refractivity (Wildman–Crippen MR) is 69.4 cm³/mol. The number of rotatable bonds is 6. The first-order valence-electron chi connectivity index (χ1n) is 6.75. The summed E-state index contributed by atoms with van der Waals surface area (Å²) in [5.74, 6) is -1.33. The maximum atomic E-state index is 11.7. The van der Waals surface area contributed by atoms with Crippen molar-refractivity contribution in [1.29, 1.82) is 0 Å². The van der Waals surface area contributed by atoms with Crippen molar-refractivity contribution in [2.45, 2.75) is 57.9 Å². The molecular formula is C13H24N2O3. The Morgan fingerprint density at radius 1 is 1.33 bits per heavy atom. The van der Waals surface area contributed by atoms with Crippen LogP contribution in [0.5, 0.6) is 0 Å². The molecule has 1 fully saturated rings. The number of urea groups is 1. The Morgan fingerprint density at radius 2 is 1.94 bits per heavy atom. The van der Waals surface area contributed by atoms with Gasteiger partial charge in [-0.2, -0.15) is 0 Å². The molecule has 3 N–H and O–H groups in total. The largest absolute Gasteiger partial charge is 0.481 e. The van der Waals surface area contributed by atoms with E-state index in [-0.39, 0.29) is 18.1 Å². The van der Waals surface area contributed by atoms with Crippen LogP contribution in [0.25, 0.3) is 0 Å². The average Bonchev–Trinajstić information content (AvgIpc) is 2.70. The lowest BCUT2D eigenvalue weighted by Crippen LogP contribution is -2.49. The highest BCUT2D eigenvalue weighted by Gasteiger charge is 2.30. The molecule has 2 amide bonds. The molecule has 0 aliphatic heterocycles. The quantitative estimate of drug-likeness (QED) is 0.681. The van der Waals surface area contributed by atoms with E-state index in [2.05, 4.69) is 10.6 Å². The summed E-state index contributed by atoms with van der Waals surface area (Å²) in [6.07, 6.45) is 5.68. The van der Waals surface area contributed by atoms with Gasteiger partial charge >= 0.3 is 12.0 Å². The van der Waals surface area contributed by atoms with E-state index in [1.165, 1.54) is 0 Å². The van der Waals surface area contributed by atoms with Crippen LogP contribution in [-0.2, 0) is 4.79 Å². The zero-order valence-corrected chi connectivity index (χ0v) is 11.3. The van der Waals surface area contributed by atoms with Gasteiger partial charge in [-0.15, -0.1) is 0 Å². The molecule has 1 aliphatic rings. The van der Waals surface area contributed by atoms with E-state index < -0.39 is 11.9 Å². The molecule has 104 valence electrons. The molecule has 1 rings (SSSR count). The Bertz CT molecular complexity index is 299. The average molecular weight is 256 g/mol. The Kier molecular flexibility index (Phi) is 5.44. The van der Waals surface area contributed by atoms with Crippen molar-refractivity contribution in [3.8, 4) is 0 Å². The summed E-state index contributed by atoms with van der Waals surface area (Å²) in [6, 6.07) is -0.248. The SMILES string of the molecule is CCCC(CNC(=O)NC1(C)CCCC1)C(=O)O. The second-order valence-corrected chi connectivity index (χ2v) is 5.43. The number of carbonyl (C=O) groups is 2. The van der Waals surface area contributed by atoms with Crippen LogP contribution in [0.2, 0.25) is 0 Å². The van der Waals surface area contributed by atoms with Gasteiger partial charge in [-0.05, 0) is 26.2 Å². The van der Waals surface area contributed by atoms with Crippen molar-refractivity contribution in [3.05, 3.63) is 0 Å². The lowest BCUT2D eigenvalue weighted by Gasteiger charge is -2.25. The number of hydrogen-bond acceptors (Lipinski definition) is 2. The third-order valence-electron chi connectivity index (χ3n) is 3.62. The normalized spacial score (nSPS) is 19.2. The van der Waals surface area contributed by atoms with Gasteiger partial charge in [0.15, 0.2) is 0 Å². The zero-order chi connectivity index (χ0) is 13.6. The maximum absolute atomic E-state index is 11.7. The number of nitrogens with one attached hydrogen (secondary N) is 2. The van der Waals surface area contributed by atoms with Crippen LogP contribution in [0.15, 0.2) is 0 Å². The second kappa shape index (κ2) is 6.61. The van der Waals surface area contributed by atoms with Gasteiger partial charge in [-0.25, -0.2) is 4.79 Å². The minimum Gasteiger partial charge on any atom is -0.481 e. The Hall–Kier alpha value is -1.26. The third kappa shape index (κ3) is 4.55. The number of carbonyl (C=O) groups excluding carboxylic acids is 1. The first-order valence-corrected chi connectivity index (χ1v) is 6.75.